The van der Waals surface area contributed by atoms with Gasteiger partial charge in [0.05, 0.1) is 24.1 Å². The molecule has 1 N–H and O–H groups in total. The van der Waals surface area contributed by atoms with E-state index < -0.39 is 5.97 Å². The molecule has 1 aromatic carbocycles. The molecule has 1 amide bonds. The van der Waals surface area contributed by atoms with Crippen molar-refractivity contribution in [1.29, 1.82) is 0 Å². The Morgan fingerprint density at radius 1 is 1.32 bits per heavy atom. The number of aromatic nitrogens is 4. The first-order valence-corrected chi connectivity index (χ1v) is 7.81. The molecule has 1 aromatic heterocycles. The van der Waals surface area contributed by atoms with Gasteiger partial charge in [-0.2, -0.15) is 4.68 Å². The average Bonchev–Trinajstić information content (AvgIpc) is 3.08. The number of benzene rings is 1. The third-order valence-electron chi connectivity index (χ3n) is 2.56. The molecular formula is C14H17N5O5S. The number of hydrogen-bond acceptors (Lipinski definition) is 8. The number of methoxy groups -OCH3 is 1. The van der Waals surface area contributed by atoms with E-state index in [1.54, 1.807) is 26.2 Å². The minimum atomic E-state index is -1.01. The quantitative estimate of drug-likeness (QED) is 0.436. The number of tetrazole rings is 1. The van der Waals surface area contributed by atoms with Crippen molar-refractivity contribution in [3.63, 3.8) is 0 Å². The van der Waals surface area contributed by atoms with Gasteiger partial charge in [0.25, 0.3) is 0 Å². The largest absolute Gasteiger partial charge is 0.478 e. The maximum Gasteiger partial charge on any atom is 0.335 e. The zero-order valence-corrected chi connectivity index (χ0v) is 14.6. The summed E-state index contributed by atoms with van der Waals surface area (Å²) in [5, 5.41) is 20.4. The van der Waals surface area contributed by atoms with Crippen molar-refractivity contribution in [2.45, 2.75) is 5.16 Å². The lowest BCUT2D eigenvalue weighted by Gasteiger charge is -2.04. The zero-order valence-electron chi connectivity index (χ0n) is 13.8. The monoisotopic (exact) mass is 367 g/mol. The van der Waals surface area contributed by atoms with E-state index in [1.807, 2.05) is 0 Å². The topological polar surface area (TPSA) is 128 Å². The van der Waals surface area contributed by atoms with Gasteiger partial charge in [0.15, 0.2) is 0 Å². The van der Waals surface area contributed by atoms with Gasteiger partial charge in [-0.05, 0) is 34.7 Å². The van der Waals surface area contributed by atoms with Crippen molar-refractivity contribution >= 4 is 30.1 Å². The fraction of sp³-hybridized carbons (Fsp3) is 0.286. The van der Waals surface area contributed by atoms with Gasteiger partial charge in [0.1, 0.15) is 0 Å². The standard InChI is InChI=1S/C11H10N4O4S.C3H7NO/c1-19-9(16)6-20-11-12-13-14-15(11)8-4-2-7(3-5-8)10(17)18;1-4(2)3-5/h2-5H,6H2,1H3,(H,17,18);3H,1-2H3. The maximum atomic E-state index is 11.1. The van der Waals surface area contributed by atoms with E-state index in [2.05, 4.69) is 20.3 Å². The van der Waals surface area contributed by atoms with Crippen LogP contribution in [0.1, 0.15) is 10.4 Å². The Kier molecular flexibility index (Phi) is 8.06. The summed E-state index contributed by atoms with van der Waals surface area (Å²) in [6, 6.07) is 6.08. The molecule has 0 aliphatic rings. The molecule has 0 spiro atoms. The second-order valence-electron chi connectivity index (χ2n) is 4.66. The molecule has 11 heteroatoms. The molecule has 2 rings (SSSR count). The summed E-state index contributed by atoms with van der Waals surface area (Å²) >= 11 is 1.13. The molecule has 0 radical (unpaired) electrons. The SMILES string of the molecule is CN(C)C=O.COC(=O)CSc1nnnn1-c1ccc(C(=O)O)cc1. The predicted octanol–water partition coefficient (Wildman–Crippen LogP) is 0.330. The molecule has 0 saturated heterocycles. The van der Waals surface area contributed by atoms with Gasteiger partial charge < -0.3 is 14.7 Å². The van der Waals surface area contributed by atoms with Crippen LogP contribution >= 0.6 is 11.8 Å². The Bertz CT molecular complexity index is 717. The molecular weight excluding hydrogens is 350 g/mol. The minimum absolute atomic E-state index is 0.0874. The first-order valence-electron chi connectivity index (χ1n) is 6.82. The van der Waals surface area contributed by atoms with Crippen LogP contribution in [-0.2, 0) is 14.3 Å². The molecule has 1 heterocycles. The first-order chi connectivity index (χ1) is 11.9. The van der Waals surface area contributed by atoms with Gasteiger partial charge in [-0.3, -0.25) is 9.59 Å². The number of aromatic carboxylic acids is 1. The lowest BCUT2D eigenvalue weighted by molar-refractivity contribution is -0.137. The van der Waals surface area contributed by atoms with Crippen molar-refractivity contribution in [2.75, 3.05) is 27.0 Å². The number of amides is 1. The highest BCUT2D eigenvalue weighted by atomic mass is 32.2. The third kappa shape index (κ3) is 6.59. The van der Waals surface area contributed by atoms with Gasteiger partial charge in [-0.25, -0.2) is 4.79 Å². The molecule has 0 aliphatic heterocycles. The molecule has 0 fully saturated rings. The van der Waals surface area contributed by atoms with Crippen molar-refractivity contribution in [2.24, 2.45) is 0 Å². The number of esters is 1. The number of thioether (sulfide) groups is 1. The van der Waals surface area contributed by atoms with Gasteiger partial charge in [-0.1, -0.05) is 11.8 Å². The number of carbonyl (C=O) groups is 3. The van der Waals surface area contributed by atoms with Crippen LogP contribution in [0.25, 0.3) is 5.69 Å². The number of rotatable bonds is 6. The summed E-state index contributed by atoms with van der Waals surface area (Å²) in [7, 11) is 4.68. The van der Waals surface area contributed by atoms with Crippen molar-refractivity contribution in [3.05, 3.63) is 29.8 Å². The van der Waals surface area contributed by atoms with Gasteiger partial charge in [-0.15, -0.1) is 5.10 Å². The lowest BCUT2D eigenvalue weighted by Crippen LogP contribution is -2.06. The van der Waals surface area contributed by atoms with Crippen LogP contribution < -0.4 is 0 Å². The van der Waals surface area contributed by atoms with Crippen LogP contribution in [0.2, 0.25) is 0 Å². The Morgan fingerprint density at radius 2 is 1.92 bits per heavy atom. The highest BCUT2D eigenvalue weighted by Crippen LogP contribution is 2.18. The van der Waals surface area contributed by atoms with Crippen LogP contribution in [0.15, 0.2) is 29.4 Å². The fourth-order valence-corrected chi connectivity index (χ4v) is 2.08. The summed E-state index contributed by atoms with van der Waals surface area (Å²) < 4.78 is 5.95. The molecule has 0 unspecified atom stereocenters. The van der Waals surface area contributed by atoms with Gasteiger partial charge in [0.2, 0.25) is 11.6 Å². The van der Waals surface area contributed by atoms with Crippen LogP contribution in [0.4, 0.5) is 0 Å². The number of hydrogen-bond donors (Lipinski definition) is 1. The number of carboxylic acid groups (broad SMARTS) is 1. The van der Waals surface area contributed by atoms with Gasteiger partial charge >= 0.3 is 11.9 Å². The minimum Gasteiger partial charge on any atom is -0.478 e. The van der Waals surface area contributed by atoms with E-state index in [4.69, 9.17) is 5.11 Å². The van der Waals surface area contributed by atoms with Crippen molar-refractivity contribution in [3.8, 4) is 5.69 Å². The Balaban J connectivity index is 0.000000550. The van der Waals surface area contributed by atoms with Crippen LogP contribution in [0.3, 0.4) is 0 Å². The Hall–Kier alpha value is -2.95. The molecule has 0 aliphatic carbocycles. The lowest BCUT2D eigenvalue weighted by atomic mass is 10.2. The second kappa shape index (κ2) is 10.0. The summed E-state index contributed by atoms with van der Waals surface area (Å²) in [5.41, 5.74) is 0.776. The third-order valence-corrected chi connectivity index (χ3v) is 3.45. The first kappa shape index (κ1) is 20.1. The summed E-state index contributed by atoms with van der Waals surface area (Å²) in [5.74, 6) is -1.30. The molecule has 2 aromatic rings. The number of carbonyl (C=O) groups excluding carboxylic acids is 2. The smallest absolute Gasteiger partial charge is 0.335 e. The number of ether oxygens (including phenoxy) is 1. The molecule has 0 saturated carbocycles. The Morgan fingerprint density at radius 3 is 2.40 bits per heavy atom. The molecule has 10 nitrogen and oxygen atoms in total. The van der Waals surface area contributed by atoms with Crippen LogP contribution in [-0.4, -0.2) is 75.5 Å². The summed E-state index contributed by atoms with van der Waals surface area (Å²) in [6.07, 6.45) is 0.750. The Labute approximate surface area is 147 Å². The molecule has 25 heavy (non-hydrogen) atoms. The average molecular weight is 367 g/mol. The van der Waals surface area contributed by atoms with E-state index >= 15 is 0 Å². The van der Waals surface area contributed by atoms with E-state index in [9.17, 15) is 14.4 Å². The van der Waals surface area contributed by atoms with E-state index in [0.717, 1.165) is 18.2 Å². The van der Waals surface area contributed by atoms with Crippen LogP contribution in [0.5, 0.6) is 0 Å². The summed E-state index contributed by atoms with van der Waals surface area (Å²) in [6.45, 7) is 0. The number of nitrogens with zero attached hydrogens (tertiary/aromatic N) is 5. The van der Waals surface area contributed by atoms with Gasteiger partial charge in [0, 0.05) is 14.1 Å². The van der Waals surface area contributed by atoms with E-state index in [-0.39, 0.29) is 17.3 Å². The highest BCUT2D eigenvalue weighted by molar-refractivity contribution is 7.99. The predicted molar refractivity (Wildman–Crippen MR) is 88.6 cm³/mol. The summed E-state index contributed by atoms with van der Waals surface area (Å²) in [4.78, 5) is 32.7. The van der Waals surface area contributed by atoms with Crippen molar-refractivity contribution < 1.29 is 24.2 Å². The normalized spacial score (nSPS) is 9.56. The molecule has 0 bridgehead atoms. The fourth-order valence-electron chi connectivity index (χ4n) is 1.36. The van der Waals surface area contributed by atoms with Crippen molar-refractivity contribution in [1.82, 2.24) is 25.1 Å². The molecule has 0 atom stereocenters. The zero-order chi connectivity index (χ0) is 18.8. The highest BCUT2D eigenvalue weighted by Gasteiger charge is 2.12. The van der Waals surface area contributed by atoms with E-state index in [1.165, 1.54) is 28.8 Å². The van der Waals surface area contributed by atoms with Crippen LogP contribution in [0, 0.1) is 0 Å². The number of carboxylic acids is 1. The maximum absolute atomic E-state index is 11.1. The molecule has 134 valence electrons. The second-order valence-corrected chi connectivity index (χ2v) is 5.60. The van der Waals surface area contributed by atoms with E-state index in [0.29, 0.717) is 10.8 Å².